The second-order valence-electron chi connectivity index (χ2n) is 12.1. The minimum Gasteiger partial charge on any atom is -0.495 e. The zero-order valence-corrected chi connectivity index (χ0v) is 22.9. The van der Waals surface area contributed by atoms with E-state index in [9.17, 15) is 9.59 Å². The Kier molecular flexibility index (Phi) is 4.98. The largest absolute Gasteiger partial charge is 0.495 e. The maximum absolute atomic E-state index is 12.7. The van der Waals surface area contributed by atoms with Gasteiger partial charge < -0.3 is 33.2 Å². The first kappa shape index (κ1) is 24.9. The lowest BCUT2D eigenvalue weighted by Crippen LogP contribution is -2.77. The quantitative estimate of drug-likeness (QED) is 0.552. The van der Waals surface area contributed by atoms with Crippen LogP contribution < -0.4 is 9.47 Å². The van der Waals surface area contributed by atoms with Crippen LogP contribution in [0.1, 0.15) is 80.9 Å². The van der Waals surface area contributed by atoms with Crippen molar-refractivity contribution in [2.75, 3.05) is 14.2 Å². The SMILES string of the molecule is COc1c2c(c(C)c3c1C(=O)OC3)O[C@]1(C)C[C@H](OC(C)=O)[C@@]34O[C@@](OC)(CC[C@@]3(C)[C@@H]1C2)OC4(C)C. The van der Waals surface area contributed by atoms with Crippen LogP contribution in [0.25, 0.3) is 0 Å². The number of cyclic esters (lactones) is 1. The van der Waals surface area contributed by atoms with E-state index in [0.717, 1.165) is 22.4 Å². The Bertz CT molecular complexity index is 1220. The van der Waals surface area contributed by atoms with Crippen molar-refractivity contribution >= 4 is 11.9 Å². The zero-order chi connectivity index (χ0) is 26.8. The molecule has 0 amide bonds. The monoisotopic (exact) mass is 516 g/mol. The molecule has 9 nitrogen and oxygen atoms in total. The van der Waals surface area contributed by atoms with Crippen LogP contribution in [0.15, 0.2) is 0 Å². The summed E-state index contributed by atoms with van der Waals surface area (Å²) >= 11 is 0. The third kappa shape index (κ3) is 2.85. The molecule has 6 rings (SSSR count). The van der Waals surface area contributed by atoms with Crippen molar-refractivity contribution in [3.63, 3.8) is 0 Å². The number of ether oxygens (including phenoxy) is 7. The van der Waals surface area contributed by atoms with E-state index in [2.05, 4.69) is 13.8 Å². The molecule has 0 unspecified atom stereocenters. The first-order chi connectivity index (χ1) is 17.3. The van der Waals surface area contributed by atoms with Crippen LogP contribution in [-0.2, 0) is 41.5 Å². The summed E-state index contributed by atoms with van der Waals surface area (Å²) in [6.07, 6.45) is 1.60. The lowest BCUT2D eigenvalue weighted by atomic mass is 9.45. The molecular weight excluding hydrogens is 480 g/mol. The second kappa shape index (κ2) is 7.39. The minimum absolute atomic E-state index is 0.0705. The van der Waals surface area contributed by atoms with Crippen LogP contribution in [0, 0.1) is 18.3 Å². The van der Waals surface area contributed by atoms with Gasteiger partial charge in [-0.05, 0) is 46.1 Å². The van der Waals surface area contributed by atoms with Crippen LogP contribution >= 0.6 is 0 Å². The first-order valence-electron chi connectivity index (χ1n) is 13.0. The number of hydrogen-bond donors (Lipinski definition) is 0. The van der Waals surface area contributed by atoms with Gasteiger partial charge in [0, 0.05) is 49.3 Å². The van der Waals surface area contributed by atoms with E-state index in [1.165, 1.54) is 6.92 Å². The average Bonchev–Trinajstić information content (AvgIpc) is 3.30. The molecule has 0 aromatic heterocycles. The predicted molar refractivity (Wildman–Crippen MR) is 129 cm³/mol. The van der Waals surface area contributed by atoms with Gasteiger partial charge in [-0.25, -0.2) is 4.79 Å². The molecular formula is C28H36O9. The maximum Gasteiger partial charge on any atom is 0.342 e. The van der Waals surface area contributed by atoms with Crippen molar-refractivity contribution in [1.29, 1.82) is 0 Å². The summed E-state index contributed by atoms with van der Waals surface area (Å²) in [5.74, 6) is -0.793. The third-order valence-corrected chi connectivity index (χ3v) is 9.96. The molecule has 2 saturated heterocycles. The van der Waals surface area contributed by atoms with Gasteiger partial charge in [0.2, 0.25) is 0 Å². The first-order valence-corrected chi connectivity index (χ1v) is 13.0. The predicted octanol–water partition coefficient (Wildman–Crippen LogP) is 3.98. The van der Waals surface area contributed by atoms with Gasteiger partial charge in [-0.2, -0.15) is 0 Å². The maximum atomic E-state index is 12.7. The summed E-state index contributed by atoms with van der Waals surface area (Å²) in [5, 5.41) is 0. The lowest BCUT2D eigenvalue weighted by molar-refractivity contribution is -0.392. The van der Waals surface area contributed by atoms with Crippen LogP contribution in [0.3, 0.4) is 0 Å². The molecule has 37 heavy (non-hydrogen) atoms. The zero-order valence-electron chi connectivity index (χ0n) is 22.9. The molecule has 2 bridgehead atoms. The van der Waals surface area contributed by atoms with Crippen molar-refractivity contribution in [3.05, 3.63) is 22.3 Å². The van der Waals surface area contributed by atoms with Gasteiger partial charge in [-0.3, -0.25) is 4.79 Å². The molecule has 1 saturated carbocycles. The molecule has 1 spiro atoms. The van der Waals surface area contributed by atoms with Gasteiger partial charge >= 0.3 is 11.9 Å². The van der Waals surface area contributed by atoms with Crippen LogP contribution in [0.2, 0.25) is 0 Å². The number of fused-ring (bicyclic) bond motifs is 5. The summed E-state index contributed by atoms with van der Waals surface area (Å²) in [6.45, 7) is 11.8. The van der Waals surface area contributed by atoms with Crippen LogP contribution in [0.4, 0.5) is 0 Å². The summed E-state index contributed by atoms with van der Waals surface area (Å²) in [5.41, 5.74) is -0.0262. The van der Waals surface area contributed by atoms with E-state index in [0.29, 0.717) is 37.0 Å². The standard InChI is InChI=1S/C28H36O9/c1-14-17-13-33-23(30)20(17)22(31-7)16-11-18-25(5)9-10-27(32-8)36-24(3,4)28(25,37-27)19(34-15(2)29)12-26(18,6)35-21(14)16/h18-19H,9-13H2,1-8H3/t18-,19-,25-,26+,27+,28-/m0/s1. The molecule has 4 aliphatic heterocycles. The highest BCUT2D eigenvalue weighted by molar-refractivity contribution is 5.98. The molecule has 4 heterocycles. The Labute approximate surface area is 217 Å². The van der Waals surface area contributed by atoms with Crippen molar-refractivity contribution in [1.82, 2.24) is 0 Å². The van der Waals surface area contributed by atoms with Gasteiger partial charge in [-0.15, -0.1) is 0 Å². The highest BCUT2D eigenvalue weighted by Crippen LogP contribution is 2.71. The fourth-order valence-corrected chi connectivity index (χ4v) is 8.54. The smallest absolute Gasteiger partial charge is 0.342 e. The molecule has 3 fully saturated rings. The molecule has 0 radical (unpaired) electrons. The summed E-state index contributed by atoms with van der Waals surface area (Å²) in [7, 11) is 3.16. The van der Waals surface area contributed by atoms with Crippen molar-refractivity contribution in [3.8, 4) is 11.5 Å². The Balaban J connectivity index is 1.57. The molecule has 202 valence electrons. The Morgan fingerprint density at radius 2 is 1.78 bits per heavy atom. The van der Waals surface area contributed by atoms with Crippen LogP contribution in [-0.4, -0.2) is 55.0 Å². The molecule has 1 aliphatic carbocycles. The van der Waals surface area contributed by atoms with E-state index >= 15 is 0 Å². The molecule has 6 atom stereocenters. The van der Waals surface area contributed by atoms with Gasteiger partial charge in [0.15, 0.2) is 0 Å². The Morgan fingerprint density at radius 1 is 1.05 bits per heavy atom. The Morgan fingerprint density at radius 3 is 2.43 bits per heavy atom. The molecule has 0 N–H and O–H groups in total. The van der Waals surface area contributed by atoms with E-state index in [1.54, 1.807) is 14.2 Å². The Hall–Kier alpha value is -2.36. The van der Waals surface area contributed by atoms with Crippen molar-refractivity contribution in [2.24, 2.45) is 11.3 Å². The van der Waals surface area contributed by atoms with Crippen molar-refractivity contribution in [2.45, 2.75) is 103 Å². The fourth-order valence-electron chi connectivity index (χ4n) is 8.54. The number of benzene rings is 1. The van der Waals surface area contributed by atoms with Gasteiger partial charge in [-0.1, -0.05) is 6.92 Å². The summed E-state index contributed by atoms with van der Waals surface area (Å²) in [6, 6.07) is 0. The van der Waals surface area contributed by atoms with Gasteiger partial charge in [0.25, 0.3) is 5.97 Å². The normalized spacial score (nSPS) is 40.5. The second-order valence-corrected chi connectivity index (χ2v) is 12.1. The number of carbonyl (C=O) groups is 2. The summed E-state index contributed by atoms with van der Waals surface area (Å²) < 4.78 is 43.4. The number of rotatable bonds is 3. The molecule has 5 aliphatic rings. The minimum atomic E-state index is -1.21. The van der Waals surface area contributed by atoms with Gasteiger partial charge in [0.1, 0.15) is 46.6 Å². The molecule has 1 aromatic carbocycles. The lowest BCUT2D eigenvalue weighted by Gasteiger charge is -2.66. The third-order valence-electron chi connectivity index (χ3n) is 9.96. The van der Waals surface area contributed by atoms with E-state index < -0.39 is 34.3 Å². The number of hydrogen-bond acceptors (Lipinski definition) is 9. The summed E-state index contributed by atoms with van der Waals surface area (Å²) in [4.78, 5) is 25.1. The van der Waals surface area contributed by atoms with E-state index in [4.69, 9.17) is 33.2 Å². The number of esters is 2. The molecule has 1 aromatic rings. The highest BCUT2D eigenvalue weighted by Gasteiger charge is 2.81. The van der Waals surface area contributed by atoms with Crippen molar-refractivity contribution < 1.29 is 42.7 Å². The number of carbonyl (C=O) groups excluding carboxylic acids is 2. The van der Waals surface area contributed by atoms with Crippen LogP contribution in [0.5, 0.6) is 11.5 Å². The van der Waals surface area contributed by atoms with E-state index in [-0.39, 0.29) is 24.5 Å². The number of methoxy groups -OCH3 is 2. The van der Waals surface area contributed by atoms with E-state index in [1.807, 2.05) is 20.8 Å². The topological polar surface area (TPSA) is 98.8 Å². The van der Waals surface area contributed by atoms with Gasteiger partial charge in [0.05, 0.1) is 7.11 Å². The molecule has 9 heteroatoms. The average molecular weight is 517 g/mol. The fraction of sp³-hybridized carbons (Fsp3) is 0.714. The highest BCUT2D eigenvalue weighted by atomic mass is 16.9.